The molecule has 0 saturated heterocycles. The highest BCUT2D eigenvalue weighted by atomic mass is 32.1. The van der Waals surface area contributed by atoms with E-state index in [1.54, 1.807) is 22.8 Å². The number of nitrogens with one attached hydrogen (secondary N) is 2. The van der Waals surface area contributed by atoms with Crippen LogP contribution in [0.5, 0.6) is 0 Å². The van der Waals surface area contributed by atoms with E-state index >= 15 is 0 Å². The number of amides is 2. The standard InChI is InChI=1S/C18H14N6O2S2/c1-10-21-13-7-11(3-4-14(13)28-10)22-15(25)8-12-9-27-18(23-12)24-17(26)16-19-5-2-6-20-16/h2-7,9H,8H2,1H3,(H,22,25)(H,23,24,26). The van der Waals surface area contributed by atoms with Crippen molar-refractivity contribution < 1.29 is 9.59 Å². The van der Waals surface area contributed by atoms with E-state index in [0.29, 0.717) is 16.5 Å². The van der Waals surface area contributed by atoms with Crippen LogP contribution in [-0.4, -0.2) is 31.8 Å². The molecule has 0 spiro atoms. The first-order chi connectivity index (χ1) is 13.6. The number of carbonyl (C=O) groups is 2. The molecule has 28 heavy (non-hydrogen) atoms. The van der Waals surface area contributed by atoms with Gasteiger partial charge in [0, 0.05) is 23.5 Å². The summed E-state index contributed by atoms with van der Waals surface area (Å²) >= 11 is 2.85. The highest BCUT2D eigenvalue weighted by Crippen LogP contribution is 2.24. The van der Waals surface area contributed by atoms with E-state index in [1.165, 1.54) is 23.7 Å². The lowest BCUT2D eigenvalue weighted by atomic mass is 10.2. The molecule has 0 saturated carbocycles. The van der Waals surface area contributed by atoms with Gasteiger partial charge in [0.05, 0.1) is 27.3 Å². The summed E-state index contributed by atoms with van der Waals surface area (Å²) in [5, 5.41) is 8.58. The first-order valence-electron chi connectivity index (χ1n) is 8.26. The molecule has 4 rings (SSSR count). The zero-order valence-electron chi connectivity index (χ0n) is 14.7. The van der Waals surface area contributed by atoms with Crippen molar-refractivity contribution in [2.45, 2.75) is 13.3 Å². The molecule has 0 aliphatic heterocycles. The average molecular weight is 410 g/mol. The van der Waals surface area contributed by atoms with Crippen molar-refractivity contribution in [1.82, 2.24) is 19.9 Å². The number of anilines is 2. The summed E-state index contributed by atoms with van der Waals surface area (Å²) in [6, 6.07) is 7.27. The van der Waals surface area contributed by atoms with Crippen LogP contribution in [0.3, 0.4) is 0 Å². The van der Waals surface area contributed by atoms with Gasteiger partial charge in [-0.3, -0.25) is 14.9 Å². The van der Waals surface area contributed by atoms with Crippen molar-refractivity contribution in [2.75, 3.05) is 10.6 Å². The van der Waals surface area contributed by atoms with Gasteiger partial charge in [-0.1, -0.05) is 0 Å². The fraction of sp³-hybridized carbons (Fsp3) is 0.111. The number of rotatable bonds is 5. The molecule has 0 aliphatic carbocycles. The number of nitrogens with zero attached hydrogens (tertiary/aromatic N) is 4. The Morgan fingerprint density at radius 1 is 1.11 bits per heavy atom. The fourth-order valence-corrected chi connectivity index (χ4v) is 4.02. The number of thiazole rings is 2. The molecule has 3 aromatic heterocycles. The number of hydrogen-bond donors (Lipinski definition) is 2. The third-order valence-electron chi connectivity index (χ3n) is 3.66. The lowest BCUT2D eigenvalue weighted by Crippen LogP contribution is -2.16. The largest absolute Gasteiger partial charge is 0.326 e. The van der Waals surface area contributed by atoms with Gasteiger partial charge in [-0.2, -0.15) is 0 Å². The topological polar surface area (TPSA) is 110 Å². The molecule has 0 aliphatic rings. The van der Waals surface area contributed by atoms with Gasteiger partial charge in [-0.15, -0.1) is 22.7 Å². The molecule has 2 N–H and O–H groups in total. The highest BCUT2D eigenvalue weighted by molar-refractivity contribution is 7.18. The Kier molecular flexibility index (Phi) is 5.04. The molecule has 0 bridgehead atoms. The Balaban J connectivity index is 1.37. The van der Waals surface area contributed by atoms with Crippen LogP contribution in [0.2, 0.25) is 0 Å². The third kappa shape index (κ3) is 4.18. The summed E-state index contributed by atoms with van der Waals surface area (Å²) in [4.78, 5) is 40.8. The molecule has 2 amide bonds. The summed E-state index contributed by atoms with van der Waals surface area (Å²) in [7, 11) is 0. The van der Waals surface area contributed by atoms with Gasteiger partial charge in [0.1, 0.15) is 0 Å². The minimum absolute atomic E-state index is 0.0599. The van der Waals surface area contributed by atoms with Crippen LogP contribution in [0.25, 0.3) is 10.2 Å². The Labute approximate surface area is 167 Å². The molecule has 0 fully saturated rings. The van der Waals surface area contributed by atoms with Crippen molar-refractivity contribution in [3.63, 3.8) is 0 Å². The predicted molar refractivity (Wildman–Crippen MR) is 109 cm³/mol. The molecule has 140 valence electrons. The van der Waals surface area contributed by atoms with E-state index < -0.39 is 5.91 Å². The third-order valence-corrected chi connectivity index (χ3v) is 5.42. The second kappa shape index (κ2) is 7.79. The van der Waals surface area contributed by atoms with E-state index in [1.807, 2.05) is 25.1 Å². The number of hydrogen-bond acceptors (Lipinski definition) is 8. The summed E-state index contributed by atoms with van der Waals surface area (Å²) in [6.45, 7) is 1.95. The van der Waals surface area contributed by atoms with Crippen molar-refractivity contribution in [3.05, 3.63) is 58.6 Å². The molecule has 0 atom stereocenters. The van der Waals surface area contributed by atoms with Crippen LogP contribution in [0.1, 0.15) is 21.3 Å². The van der Waals surface area contributed by atoms with Crippen LogP contribution in [0.15, 0.2) is 42.0 Å². The highest BCUT2D eigenvalue weighted by Gasteiger charge is 2.13. The zero-order valence-corrected chi connectivity index (χ0v) is 16.3. The molecule has 10 heteroatoms. The fourth-order valence-electron chi connectivity index (χ4n) is 2.51. The van der Waals surface area contributed by atoms with Crippen LogP contribution >= 0.6 is 22.7 Å². The molecular formula is C18H14N6O2S2. The van der Waals surface area contributed by atoms with Gasteiger partial charge in [0.2, 0.25) is 11.7 Å². The number of carbonyl (C=O) groups excluding carboxylic acids is 2. The van der Waals surface area contributed by atoms with Gasteiger partial charge in [-0.05, 0) is 31.2 Å². The van der Waals surface area contributed by atoms with Gasteiger partial charge in [0.15, 0.2) is 5.13 Å². The molecule has 0 unspecified atom stereocenters. The number of benzene rings is 1. The number of fused-ring (bicyclic) bond motifs is 1. The summed E-state index contributed by atoms with van der Waals surface area (Å²) in [5.41, 5.74) is 2.12. The second-order valence-corrected chi connectivity index (χ2v) is 7.90. The number of aryl methyl sites for hydroxylation is 1. The molecule has 4 aromatic rings. The van der Waals surface area contributed by atoms with Gasteiger partial charge < -0.3 is 5.32 Å². The van der Waals surface area contributed by atoms with Crippen LogP contribution in [0.4, 0.5) is 10.8 Å². The quantitative estimate of drug-likeness (QED) is 0.522. The van der Waals surface area contributed by atoms with Crippen LogP contribution in [0, 0.1) is 6.92 Å². The van der Waals surface area contributed by atoms with Gasteiger partial charge in [-0.25, -0.2) is 19.9 Å². The summed E-state index contributed by atoms with van der Waals surface area (Å²) in [6.07, 6.45) is 3.08. The first kappa shape index (κ1) is 18.1. The Hall–Kier alpha value is -3.24. The first-order valence-corrected chi connectivity index (χ1v) is 9.96. The molecule has 3 heterocycles. The minimum atomic E-state index is -0.446. The maximum Gasteiger partial charge on any atom is 0.295 e. The second-order valence-electron chi connectivity index (χ2n) is 5.81. The van der Waals surface area contributed by atoms with E-state index in [2.05, 4.69) is 30.6 Å². The van der Waals surface area contributed by atoms with Gasteiger partial charge in [0.25, 0.3) is 5.91 Å². The monoisotopic (exact) mass is 410 g/mol. The van der Waals surface area contributed by atoms with Crippen LogP contribution < -0.4 is 10.6 Å². The molecule has 8 nitrogen and oxygen atoms in total. The number of aromatic nitrogens is 4. The molecule has 0 radical (unpaired) electrons. The van der Waals surface area contributed by atoms with Crippen molar-refractivity contribution in [1.29, 1.82) is 0 Å². The maximum absolute atomic E-state index is 12.3. The Bertz CT molecular complexity index is 1160. The average Bonchev–Trinajstić information content (AvgIpc) is 3.27. The van der Waals surface area contributed by atoms with Crippen molar-refractivity contribution in [3.8, 4) is 0 Å². The lowest BCUT2D eigenvalue weighted by molar-refractivity contribution is -0.115. The van der Waals surface area contributed by atoms with Crippen molar-refractivity contribution >= 4 is 55.5 Å². The van der Waals surface area contributed by atoms with E-state index in [-0.39, 0.29) is 18.2 Å². The molecular weight excluding hydrogens is 396 g/mol. The smallest absolute Gasteiger partial charge is 0.295 e. The Morgan fingerprint density at radius 3 is 2.75 bits per heavy atom. The van der Waals surface area contributed by atoms with E-state index in [4.69, 9.17) is 0 Å². The Morgan fingerprint density at radius 2 is 1.93 bits per heavy atom. The van der Waals surface area contributed by atoms with Crippen LogP contribution in [-0.2, 0) is 11.2 Å². The maximum atomic E-state index is 12.3. The SMILES string of the molecule is Cc1nc2cc(NC(=O)Cc3csc(NC(=O)c4ncccn4)n3)ccc2s1. The normalized spacial score (nSPS) is 10.8. The van der Waals surface area contributed by atoms with Gasteiger partial charge >= 0.3 is 0 Å². The summed E-state index contributed by atoms with van der Waals surface area (Å²) in [5.74, 6) is -0.580. The lowest BCUT2D eigenvalue weighted by Gasteiger charge is -2.04. The summed E-state index contributed by atoms with van der Waals surface area (Å²) < 4.78 is 1.08. The predicted octanol–water partition coefficient (Wildman–Crippen LogP) is 3.28. The molecule has 1 aromatic carbocycles. The van der Waals surface area contributed by atoms with E-state index in [0.717, 1.165) is 15.2 Å². The van der Waals surface area contributed by atoms with E-state index in [9.17, 15) is 9.59 Å². The zero-order chi connectivity index (χ0) is 19.5. The van der Waals surface area contributed by atoms with Crippen molar-refractivity contribution in [2.24, 2.45) is 0 Å². The minimum Gasteiger partial charge on any atom is -0.326 e.